The van der Waals surface area contributed by atoms with Gasteiger partial charge in [-0.1, -0.05) is 30.3 Å². The molecule has 0 spiro atoms. The fourth-order valence-electron chi connectivity index (χ4n) is 4.39. The van der Waals surface area contributed by atoms with Crippen LogP contribution in [0.1, 0.15) is 32.3 Å². The minimum absolute atomic E-state index is 0.223. The van der Waals surface area contributed by atoms with Gasteiger partial charge >= 0.3 is 6.09 Å². The van der Waals surface area contributed by atoms with Crippen LogP contribution in [0.5, 0.6) is 0 Å². The van der Waals surface area contributed by atoms with Crippen LogP contribution >= 0.6 is 0 Å². The Morgan fingerprint density at radius 2 is 1.88 bits per heavy atom. The van der Waals surface area contributed by atoms with Gasteiger partial charge in [0.1, 0.15) is 5.52 Å². The average molecular weight is 452 g/mol. The van der Waals surface area contributed by atoms with Crippen LogP contribution in [0.2, 0.25) is 0 Å². The van der Waals surface area contributed by atoms with E-state index in [1.165, 1.54) is 5.56 Å². The molecule has 33 heavy (non-hydrogen) atoms. The van der Waals surface area contributed by atoms with Crippen LogP contribution in [0.25, 0.3) is 11.2 Å². The zero-order valence-electron chi connectivity index (χ0n) is 19.5. The normalized spacial score (nSPS) is 14.5. The van der Waals surface area contributed by atoms with Crippen LogP contribution < -0.4 is 4.90 Å². The highest BCUT2D eigenvalue weighted by Gasteiger charge is 2.30. The van der Waals surface area contributed by atoms with Crippen LogP contribution in [0.3, 0.4) is 0 Å². The molecule has 0 radical (unpaired) electrons. The van der Waals surface area contributed by atoms with Crippen molar-refractivity contribution in [2.24, 2.45) is 0 Å². The number of imidazole rings is 1. The number of likely N-dealkylation sites (tertiary alicyclic amines) is 1. The van der Waals surface area contributed by atoms with E-state index in [9.17, 15) is 4.79 Å². The molecule has 8 heteroatoms. The summed E-state index contributed by atoms with van der Waals surface area (Å²) in [4.78, 5) is 26.0. The van der Waals surface area contributed by atoms with Crippen molar-refractivity contribution < 1.29 is 14.3 Å². The summed E-state index contributed by atoms with van der Waals surface area (Å²) >= 11 is 0. The van der Waals surface area contributed by atoms with E-state index in [2.05, 4.69) is 38.7 Å². The van der Waals surface area contributed by atoms with E-state index in [-0.39, 0.29) is 12.1 Å². The molecule has 1 saturated heterocycles. The van der Waals surface area contributed by atoms with Crippen molar-refractivity contribution >= 4 is 23.2 Å². The second-order valence-electron chi connectivity index (χ2n) is 8.14. The molecule has 1 aliphatic rings. The second-order valence-corrected chi connectivity index (χ2v) is 8.14. The van der Waals surface area contributed by atoms with Crippen LogP contribution in [0.15, 0.2) is 48.7 Å². The maximum absolute atomic E-state index is 12.2. The minimum atomic E-state index is -0.223. The van der Waals surface area contributed by atoms with Crippen LogP contribution in [-0.2, 0) is 22.6 Å². The first kappa shape index (κ1) is 23.0. The highest BCUT2D eigenvalue weighted by molar-refractivity contribution is 5.74. The van der Waals surface area contributed by atoms with Gasteiger partial charge < -0.3 is 19.3 Å². The van der Waals surface area contributed by atoms with Crippen molar-refractivity contribution in [1.29, 1.82) is 0 Å². The first-order chi connectivity index (χ1) is 16.2. The molecular formula is C25H33N5O3. The number of benzene rings is 1. The highest BCUT2D eigenvalue weighted by atomic mass is 16.6. The van der Waals surface area contributed by atoms with Gasteiger partial charge in [-0.25, -0.2) is 14.8 Å². The Morgan fingerprint density at radius 1 is 1.09 bits per heavy atom. The molecule has 1 aliphatic heterocycles. The molecule has 1 aromatic carbocycles. The van der Waals surface area contributed by atoms with Crippen LogP contribution in [-0.4, -0.2) is 64.5 Å². The fraction of sp³-hybridized carbons (Fsp3) is 0.480. The van der Waals surface area contributed by atoms with E-state index in [0.29, 0.717) is 39.5 Å². The molecule has 0 bridgehead atoms. The Morgan fingerprint density at radius 3 is 2.61 bits per heavy atom. The number of anilines is 1. The number of hydrogen-bond donors (Lipinski definition) is 0. The van der Waals surface area contributed by atoms with Gasteiger partial charge in [-0.2, -0.15) is 0 Å². The van der Waals surface area contributed by atoms with E-state index in [4.69, 9.17) is 14.5 Å². The molecule has 8 nitrogen and oxygen atoms in total. The Labute approximate surface area is 195 Å². The topological polar surface area (TPSA) is 72.7 Å². The lowest BCUT2D eigenvalue weighted by Gasteiger charge is -2.39. The van der Waals surface area contributed by atoms with Crippen molar-refractivity contribution in [3.8, 4) is 0 Å². The Balaban J connectivity index is 1.65. The van der Waals surface area contributed by atoms with Gasteiger partial charge in [-0.15, -0.1) is 0 Å². The predicted molar refractivity (Wildman–Crippen MR) is 128 cm³/mol. The molecule has 2 aromatic heterocycles. The maximum atomic E-state index is 12.2. The first-order valence-electron chi connectivity index (χ1n) is 11.8. The van der Waals surface area contributed by atoms with Crippen molar-refractivity contribution in [3.63, 3.8) is 0 Å². The number of carbonyl (C=O) groups excluding carboxylic acids is 1. The number of amides is 1. The summed E-state index contributed by atoms with van der Waals surface area (Å²) < 4.78 is 13.0. The lowest BCUT2D eigenvalue weighted by atomic mass is 10.0. The molecule has 0 unspecified atom stereocenters. The van der Waals surface area contributed by atoms with Gasteiger partial charge in [0.2, 0.25) is 5.95 Å². The summed E-state index contributed by atoms with van der Waals surface area (Å²) in [6, 6.07) is 14.6. The summed E-state index contributed by atoms with van der Waals surface area (Å²) in [7, 11) is 0. The number of pyridine rings is 1. The third kappa shape index (κ3) is 5.45. The number of aromatic nitrogens is 3. The Hall–Kier alpha value is -3.13. The average Bonchev–Trinajstić information content (AvgIpc) is 3.22. The molecule has 176 valence electrons. The van der Waals surface area contributed by atoms with Crippen LogP contribution in [0.4, 0.5) is 10.7 Å². The highest BCUT2D eigenvalue weighted by Crippen LogP contribution is 2.28. The quantitative estimate of drug-likeness (QED) is 0.456. The number of piperidine rings is 1. The smallest absolute Gasteiger partial charge is 0.409 e. The number of carbonyl (C=O) groups is 1. The SMILES string of the molecule is CCOCCn1c(N(Cc2ccccc2)C2CCN(C(=O)OCC)CC2)nc2cccnc21. The molecule has 1 fully saturated rings. The van der Waals surface area contributed by atoms with Gasteiger partial charge in [0.25, 0.3) is 0 Å². The van der Waals surface area contributed by atoms with Gasteiger partial charge in [0.15, 0.2) is 5.65 Å². The zero-order valence-corrected chi connectivity index (χ0v) is 19.5. The largest absolute Gasteiger partial charge is 0.450 e. The molecule has 0 N–H and O–H groups in total. The summed E-state index contributed by atoms with van der Waals surface area (Å²) in [6.07, 6.45) is 3.30. The monoisotopic (exact) mass is 451 g/mol. The summed E-state index contributed by atoms with van der Waals surface area (Å²) in [5.41, 5.74) is 2.97. The zero-order chi connectivity index (χ0) is 23.0. The Bertz CT molecular complexity index is 1030. The maximum Gasteiger partial charge on any atom is 0.409 e. The van der Waals surface area contributed by atoms with E-state index >= 15 is 0 Å². The first-order valence-corrected chi connectivity index (χ1v) is 11.8. The molecule has 0 atom stereocenters. The lowest BCUT2D eigenvalue weighted by Crippen LogP contribution is -2.47. The molecule has 3 aromatic rings. The van der Waals surface area contributed by atoms with Gasteiger partial charge in [-0.3, -0.25) is 4.57 Å². The second kappa shape index (κ2) is 11.1. The molecule has 0 saturated carbocycles. The van der Waals surface area contributed by atoms with E-state index in [1.807, 2.05) is 38.2 Å². The standard InChI is InChI=1S/C25H33N5O3/c1-3-32-18-17-29-23-22(11-8-14-26-23)27-24(29)30(19-20-9-6-5-7-10-20)21-12-15-28(16-13-21)25(31)33-4-2/h5-11,14,21H,3-4,12-13,15-19H2,1-2H3. The molecule has 0 aliphatic carbocycles. The number of hydrogen-bond acceptors (Lipinski definition) is 6. The van der Waals surface area contributed by atoms with Crippen molar-refractivity contribution in [1.82, 2.24) is 19.4 Å². The minimum Gasteiger partial charge on any atom is -0.450 e. The van der Waals surface area contributed by atoms with Crippen molar-refractivity contribution in [3.05, 3.63) is 54.2 Å². The lowest BCUT2D eigenvalue weighted by molar-refractivity contribution is 0.0965. The van der Waals surface area contributed by atoms with Crippen LogP contribution in [0, 0.1) is 0 Å². The number of fused-ring (bicyclic) bond motifs is 1. The summed E-state index contributed by atoms with van der Waals surface area (Å²) in [5, 5.41) is 0. The van der Waals surface area contributed by atoms with Gasteiger partial charge in [0, 0.05) is 38.5 Å². The van der Waals surface area contributed by atoms with Crippen molar-refractivity contribution in [2.75, 3.05) is 37.8 Å². The molecule has 3 heterocycles. The fourth-order valence-corrected chi connectivity index (χ4v) is 4.39. The third-order valence-corrected chi connectivity index (χ3v) is 6.03. The summed E-state index contributed by atoms with van der Waals surface area (Å²) in [5.74, 6) is 0.904. The number of rotatable bonds is 9. The van der Waals surface area contributed by atoms with E-state index in [0.717, 1.165) is 36.5 Å². The molecule has 4 rings (SSSR count). The molecule has 1 amide bonds. The van der Waals surface area contributed by atoms with E-state index < -0.39 is 0 Å². The van der Waals surface area contributed by atoms with Gasteiger partial charge in [-0.05, 0) is 44.4 Å². The summed E-state index contributed by atoms with van der Waals surface area (Å²) in [6.45, 7) is 8.29. The molecular weight excluding hydrogens is 418 g/mol. The van der Waals surface area contributed by atoms with Gasteiger partial charge in [0.05, 0.1) is 19.8 Å². The van der Waals surface area contributed by atoms with E-state index in [1.54, 1.807) is 4.90 Å². The predicted octanol–water partition coefficient (Wildman–Crippen LogP) is 4.10. The third-order valence-electron chi connectivity index (χ3n) is 6.03. The van der Waals surface area contributed by atoms with Crippen molar-refractivity contribution in [2.45, 2.75) is 45.8 Å². The Kier molecular flexibility index (Phi) is 7.78. The number of nitrogens with zero attached hydrogens (tertiary/aromatic N) is 5. The number of ether oxygens (including phenoxy) is 2.